The first-order valence-electron chi connectivity index (χ1n) is 46.1. The minimum absolute atomic E-state index is 0.0830. The van der Waals surface area contributed by atoms with Gasteiger partial charge in [-0.25, -0.2) is 24.9 Å². The molecule has 5 aromatic heterocycles. The van der Waals surface area contributed by atoms with Gasteiger partial charge in [-0.15, -0.1) is 0 Å². The van der Waals surface area contributed by atoms with Crippen LogP contribution in [0.4, 0.5) is 0 Å². The Hall–Kier alpha value is -17.2. The zero-order valence-electron chi connectivity index (χ0n) is 76.9. The molecule has 0 bridgehead atoms. The van der Waals surface area contributed by atoms with E-state index in [4.69, 9.17) is 74.6 Å². The van der Waals surface area contributed by atoms with Crippen molar-refractivity contribution in [2.75, 3.05) is 0 Å². The van der Waals surface area contributed by atoms with Gasteiger partial charge in [0.2, 0.25) is 31.7 Å². The molecule has 0 spiro atoms. The third kappa shape index (κ3) is 25.0. The number of hydrogen-bond donors (Lipinski definition) is 0. The summed E-state index contributed by atoms with van der Waals surface area (Å²) in [6.45, 7) is 0. The maximum Gasteiger partial charge on any atom is 0.227 e. The zero-order chi connectivity index (χ0) is 98.1. The van der Waals surface area contributed by atoms with Crippen LogP contribution >= 0.6 is 69.6 Å². The highest BCUT2D eigenvalue weighted by atomic mass is 35.5. The summed E-state index contributed by atoms with van der Waals surface area (Å²) < 4.78 is 0. The lowest BCUT2D eigenvalue weighted by atomic mass is 9.98. The number of nitrogens with zero attached hydrogens (tertiary/aromatic N) is 14. The Morgan fingerprint density at radius 2 is 0.222 bits per heavy atom. The second-order valence-electron chi connectivity index (χ2n) is 32.9. The molecule has 0 N–H and O–H groups in total. The molecule has 0 amide bonds. The Labute approximate surface area is 864 Å². The van der Waals surface area contributed by atoms with E-state index in [0.717, 1.165) is 106 Å². The average molecular weight is 1980 g/mol. The fourth-order valence-electron chi connectivity index (χ4n) is 16.1. The molecule has 23 rings (SSSR count). The van der Waals surface area contributed by atoms with Gasteiger partial charge in [0.15, 0.2) is 40.8 Å². The number of benzene rings is 18. The van der Waals surface area contributed by atoms with Crippen molar-refractivity contribution in [2.45, 2.75) is 0 Å². The van der Waals surface area contributed by atoms with E-state index in [0.29, 0.717) is 40.8 Å². The van der Waals surface area contributed by atoms with E-state index in [-0.39, 0.29) is 31.7 Å². The van der Waals surface area contributed by atoms with E-state index in [9.17, 15) is 0 Å². The Morgan fingerprint density at radius 1 is 0.0903 bits per heavy atom. The number of halogens is 6. The lowest BCUT2D eigenvalue weighted by Crippen LogP contribution is -1.97. The van der Waals surface area contributed by atoms with Crippen LogP contribution in [0, 0.1) is 0 Å². The van der Waals surface area contributed by atoms with E-state index in [2.05, 4.69) is 295 Å². The van der Waals surface area contributed by atoms with Gasteiger partial charge < -0.3 is 0 Å². The van der Waals surface area contributed by atoms with Gasteiger partial charge in [0, 0.05) is 50.1 Å². The first-order chi connectivity index (χ1) is 70.8. The average Bonchev–Trinajstić information content (AvgIpc) is 0.805. The molecule has 0 aliphatic heterocycles. The van der Waals surface area contributed by atoms with E-state index >= 15 is 0 Å². The monoisotopic (exact) mass is 1980 g/mol. The van der Waals surface area contributed by atoms with Crippen LogP contribution in [0.5, 0.6) is 0 Å². The maximum atomic E-state index is 6.28. The quantitative estimate of drug-likeness (QED) is 0.0740. The lowest BCUT2D eigenvalue weighted by molar-refractivity contribution is 1.06. The smallest absolute Gasteiger partial charge is 0.218 e. The van der Waals surface area contributed by atoms with E-state index in [1.54, 1.807) is 0 Å². The molecule has 0 radical (unpaired) electrons. The topological polar surface area (TPSA) is 180 Å². The van der Waals surface area contributed by atoms with Crippen molar-refractivity contribution in [2.24, 2.45) is 0 Å². The van der Waals surface area contributed by atoms with Crippen molar-refractivity contribution in [3.63, 3.8) is 0 Å². The number of rotatable bonds is 18. The summed E-state index contributed by atoms with van der Waals surface area (Å²) >= 11 is 36.6. The first kappa shape index (κ1) is 95.7. The SMILES string of the molecule is Clc1nc(-c2ccc(-c3ccccc3)cc2)cc(-c2ccc(-c3ccccc3)cc2)n1.Clc1nc(-c2ccc(-c3ccccc3)cc2)nc(-c2ccc(-c3ccccc3)cc2)n1.Clc1nc(-c2ccc(-c3ccccc3)cc2)nc(-c2cccc(-c3ccccc3)c2)n1.Clc1nc(-c2ccccc2)nc(-c2ccc(-c3ccccc3)cc2)n1.Clc1nc(Cl)nc(-c2ccc(-c3cccc(-c4ccccc4)c3)cc2)n1. The molecule has 5 heterocycles. The van der Waals surface area contributed by atoms with Crippen molar-refractivity contribution >= 4 is 69.6 Å². The molecule has 144 heavy (non-hydrogen) atoms. The summed E-state index contributed by atoms with van der Waals surface area (Å²) in [7, 11) is 0. The molecule has 18 aromatic carbocycles. The third-order valence-electron chi connectivity index (χ3n) is 23.4. The zero-order valence-corrected chi connectivity index (χ0v) is 81.4. The van der Waals surface area contributed by atoms with Crippen LogP contribution in [0.25, 0.3) is 202 Å². The van der Waals surface area contributed by atoms with Gasteiger partial charge in [0.1, 0.15) is 0 Å². The van der Waals surface area contributed by atoms with Gasteiger partial charge in [-0.05, 0) is 188 Å². The van der Waals surface area contributed by atoms with E-state index < -0.39 is 0 Å². The molecule has 0 unspecified atom stereocenters. The van der Waals surface area contributed by atoms with Crippen LogP contribution in [0.3, 0.4) is 0 Å². The highest BCUT2D eigenvalue weighted by molar-refractivity contribution is 6.31. The molecular formula is C124H82Cl6N14. The molecule has 20 heteroatoms. The lowest BCUT2D eigenvalue weighted by Gasteiger charge is -2.08. The van der Waals surface area contributed by atoms with Crippen molar-refractivity contribution in [1.29, 1.82) is 0 Å². The van der Waals surface area contributed by atoms with Crippen LogP contribution in [-0.4, -0.2) is 69.8 Å². The van der Waals surface area contributed by atoms with Crippen molar-refractivity contribution in [3.8, 4) is 202 Å². The molecule has 690 valence electrons. The van der Waals surface area contributed by atoms with Crippen LogP contribution in [0.2, 0.25) is 31.7 Å². The Kier molecular flexibility index (Phi) is 31.1. The van der Waals surface area contributed by atoms with Crippen LogP contribution in [0.15, 0.2) is 497 Å². The van der Waals surface area contributed by atoms with Crippen LogP contribution in [0.1, 0.15) is 0 Å². The predicted molar refractivity (Wildman–Crippen MR) is 589 cm³/mol. The Morgan fingerprint density at radius 3 is 0.451 bits per heavy atom. The molecule has 0 aliphatic rings. The van der Waals surface area contributed by atoms with Gasteiger partial charge in [0.05, 0.1) is 11.4 Å². The summed E-state index contributed by atoms with van der Waals surface area (Å²) in [4.78, 5) is 60.8. The van der Waals surface area contributed by atoms with Crippen molar-refractivity contribution < 1.29 is 0 Å². The standard InChI is InChI=1S/C28H19ClN2.2C27H18ClN3.C21H13Cl2N3.C21H14ClN3/c29-28-30-26(24-15-11-22(12-16-24)20-7-3-1-4-8-20)19-27(31-28)25-17-13-23(14-18-25)21-9-5-2-6-10-21;28-27-30-25(22-16-14-21(15-17-22)19-8-3-1-4-9-19)29-26(31-27)24-13-7-12-23(18-24)20-10-5-2-6-11-20;28-27-30-25(23-15-11-21(12-16-23)19-7-3-1-4-8-19)29-26(31-27)24-17-13-22(14-18-24)20-9-5-2-6-10-20;22-20-24-19(25-21(23)26-20)16-11-9-15(10-12-16)18-8-4-7-17(13-18)14-5-2-1-3-6-14;22-21-24-19(17-9-5-2-6-10-17)23-20(25-21)18-13-11-16(12-14-18)15-7-3-1-4-8-15/h1-19H;2*1-18H;1-13H;1-14H. The van der Waals surface area contributed by atoms with Crippen LogP contribution < -0.4 is 0 Å². The fraction of sp³-hybridized carbons (Fsp3) is 0. The number of aromatic nitrogens is 14. The largest absolute Gasteiger partial charge is 0.227 e. The first-order valence-corrected chi connectivity index (χ1v) is 48.3. The summed E-state index contributed by atoms with van der Waals surface area (Å²) in [6, 6.07) is 168. The molecule has 0 saturated carbocycles. The van der Waals surface area contributed by atoms with Gasteiger partial charge in [-0.2, -0.15) is 44.9 Å². The number of hydrogen-bond acceptors (Lipinski definition) is 14. The third-order valence-corrected chi connectivity index (χ3v) is 24.4. The Bertz CT molecular complexity index is 7780. The molecule has 0 aliphatic carbocycles. The van der Waals surface area contributed by atoms with Gasteiger partial charge in [0.25, 0.3) is 0 Å². The minimum atomic E-state index is 0.0830. The summed E-state index contributed by atoms with van der Waals surface area (Å²) in [5.74, 6) is 3.82. The molecule has 0 saturated heterocycles. The second kappa shape index (κ2) is 46.7. The summed E-state index contributed by atoms with van der Waals surface area (Å²) in [6.07, 6.45) is 0. The van der Waals surface area contributed by atoms with Gasteiger partial charge >= 0.3 is 0 Å². The second-order valence-corrected chi connectivity index (χ2v) is 34.9. The predicted octanol–water partition coefficient (Wildman–Crippen LogP) is 33.9. The Balaban J connectivity index is 0.000000114. The normalized spacial score (nSPS) is 10.7. The fourth-order valence-corrected chi connectivity index (χ4v) is 17.1. The molecule has 14 nitrogen and oxygen atoms in total. The van der Waals surface area contributed by atoms with Crippen molar-refractivity contribution in [1.82, 2.24) is 69.8 Å². The van der Waals surface area contributed by atoms with Gasteiger partial charge in [-0.1, -0.05) is 479 Å². The minimum Gasteiger partial charge on any atom is -0.218 e. The van der Waals surface area contributed by atoms with E-state index in [1.807, 2.05) is 267 Å². The maximum absolute atomic E-state index is 6.28. The van der Waals surface area contributed by atoms with Crippen LogP contribution in [-0.2, 0) is 0 Å². The molecule has 23 aromatic rings. The summed E-state index contributed by atoms with van der Waals surface area (Å²) in [5, 5.41) is 0.957. The van der Waals surface area contributed by atoms with Gasteiger partial charge in [-0.3, -0.25) is 0 Å². The van der Waals surface area contributed by atoms with Crippen molar-refractivity contribution in [3.05, 3.63) is 529 Å². The highest BCUT2D eigenvalue weighted by Gasteiger charge is 2.18. The highest BCUT2D eigenvalue weighted by Crippen LogP contribution is 2.37. The van der Waals surface area contributed by atoms with E-state index in [1.165, 1.54) is 55.6 Å². The molecule has 0 fully saturated rings. The summed E-state index contributed by atoms with van der Waals surface area (Å²) in [5.41, 5.74) is 30.7. The molecule has 0 atom stereocenters. The molecular weight excluding hydrogens is 1900 g/mol.